The van der Waals surface area contributed by atoms with Gasteiger partial charge in [0, 0.05) is 0 Å². The fourth-order valence-corrected chi connectivity index (χ4v) is 1.66. The number of benzene rings is 1. The van der Waals surface area contributed by atoms with Gasteiger partial charge in [-0.15, -0.1) is 0 Å². The number of aryl methyl sites for hydroxylation is 1. The molecule has 0 saturated heterocycles. The topological polar surface area (TPSA) is 29.4 Å². The van der Waals surface area contributed by atoms with Crippen molar-refractivity contribution in [3.63, 3.8) is 0 Å². The van der Waals surface area contributed by atoms with E-state index in [0.717, 1.165) is 12.0 Å². The molecule has 1 aliphatic rings. The van der Waals surface area contributed by atoms with Crippen molar-refractivity contribution in [1.29, 1.82) is 0 Å². The number of rotatable bonds is 1. The van der Waals surface area contributed by atoms with Crippen LogP contribution in [-0.4, -0.2) is 6.08 Å². The highest BCUT2D eigenvalue weighted by molar-refractivity contribution is 5.52. The number of halogens is 1. The van der Waals surface area contributed by atoms with Crippen molar-refractivity contribution in [2.75, 3.05) is 0 Å². The van der Waals surface area contributed by atoms with Crippen LogP contribution in [0.3, 0.4) is 0 Å². The molecule has 1 aliphatic carbocycles. The highest BCUT2D eigenvalue weighted by atomic mass is 19.1. The molecule has 0 saturated carbocycles. The summed E-state index contributed by atoms with van der Waals surface area (Å²) in [4.78, 5) is 13.4. The SMILES string of the molecule is O=C=Nc1ccc2c(c1)C(F)CC2. The number of carbonyl (C=O) groups excluding carboxylic acids is 1. The lowest BCUT2D eigenvalue weighted by molar-refractivity contribution is 0.344. The van der Waals surface area contributed by atoms with E-state index in [2.05, 4.69) is 4.99 Å². The van der Waals surface area contributed by atoms with Crippen LogP contribution in [0.1, 0.15) is 23.7 Å². The Morgan fingerprint density at radius 1 is 1.54 bits per heavy atom. The maximum absolute atomic E-state index is 13.2. The van der Waals surface area contributed by atoms with Crippen LogP contribution in [0.5, 0.6) is 0 Å². The minimum absolute atomic E-state index is 0.485. The molecule has 0 aromatic heterocycles. The summed E-state index contributed by atoms with van der Waals surface area (Å²) in [5, 5.41) is 0. The first-order valence-electron chi connectivity index (χ1n) is 4.16. The third-order valence-corrected chi connectivity index (χ3v) is 2.31. The van der Waals surface area contributed by atoms with Crippen molar-refractivity contribution in [3.8, 4) is 0 Å². The third-order valence-electron chi connectivity index (χ3n) is 2.31. The molecule has 1 aromatic rings. The zero-order chi connectivity index (χ0) is 9.26. The maximum atomic E-state index is 13.2. The molecular formula is C10H8FNO. The van der Waals surface area contributed by atoms with Gasteiger partial charge in [-0.05, 0) is 36.1 Å². The molecule has 1 unspecified atom stereocenters. The fraction of sp³-hybridized carbons (Fsp3) is 0.300. The Morgan fingerprint density at radius 3 is 3.15 bits per heavy atom. The number of fused-ring (bicyclic) bond motifs is 1. The third kappa shape index (κ3) is 1.38. The van der Waals surface area contributed by atoms with Crippen LogP contribution in [0.15, 0.2) is 23.2 Å². The smallest absolute Gasteiger partial charge is 0.240 e. The molecule has 1 atom stereocenters. The van der Waals surface area contributed by atoms with E-state index in [0.29, 0.717) is 17.7 Å². The number of isocyanates is 1. The van der Waals surface area contributed by atoms with E-state index in [9.17, 15) is 9.18 Å². The van der Waals surface area contributed by atoms with Crippen LogP contribution in [0, 0.1) is 0 Å². The summed E-state index contributed by atoms with van der Waals surface area (Å²) in [7, 11) is 0. The quantitative estimate of drug-likeness (QED) is 0.479. The summed E-state index contributed by atoms with van der Waals surface area (Å²) >= 11 is 0. The predicted octanol–water partition coefficient (Wildman–Crippen LogP) is 2.61. The van der Waals surface area contributed by atoms with Crippen molar-refractivity contribution < 1.29 is 9.18 Å². The molecule has 3 heteroatoms. The van der Waals surface area contributed by atoms with Gasteiger partial charge in [0.1, 0.15) is 6.17 Å². The van der Waals surface area contributed by atoms with E-state index in [1.165, 1.54) is 6.08 Å². The molecule has 66 valence electrons. The normalized spacial score (nSPS) is 19.3. The molecule has 2 nitrogen and oxygen atoms in total. The molecule has 0 spiro atoms. The molecule has 2 rings (SSSR count). The minimum Gasteiger partial charge on any atom is -0.242 e. The molecule has 0 heterocycles. The van der Waals surface area contributed by atoms with Gasteiger partial charge in [0.2, 0.25) is 6.08 Å². The average molecular weight is 177 g/mol. The van der Waals surface area contributed by atoms with Gasteiger partial charge in [0.05, 0.1) is 5.69 Å². The van der Waals surface area contributed by atoms with Crippen molar-refractivity contribution in [2.24, 2.45) is 4.99 Å². The molecule has 0 fully saturated rings. The lowest BCUT2D eigenvalue weighted by atomic mass is 10.1. The number of aliphatic imine (C=N–C) groups is 1. The van der Waals surface area contributed by atoms with Gasteiger partial charge in [-0.2, -0.15) is 4.99 Å². The van der Waals surface area contributed by atoms with Gasteiger partial charge in [-0.25, -0.2) is 9.18 Å². The van der Waals surface area contributed by atoms with Gasteiger partial charge in [-0.1, -0.05) is 6.07 Å². The Hall–Kier alpha value is -1.47. The summed E-state index contributed by atoms with van der Waals surface area (Å²) in [5.74, 6) is 0. The predicted molar refractivity (Wildman–Crippen MR) is 46.4 cm³/mol. The van der Waals surface area contributed by atoms with Gasteiger partial charge in [0.25, 0.3) is 0 Å². The molecule has 0 N–H and O–H groups in total. The van der Waals surface area contributed by atoms with Crippen LogP contribution < -0.4 is 0 Å². The zero-order valence-electron chi connectivity index (χ0n) is 6.96. The summed E-state index contributed by atoms with van der Waals surface area (Å²) < 4.78 is 13.2. The summed E-state index contributed by atoms with van der Waals surface area (Å²) in [5.41, 5.74) is 2.19. The van der Waals surface area contributed by atoms with Crippen LogP contribution in [0.2, 0.25) is 0 Å². The summed E-state index contributed by atoms with van der Waals surface area (Å²) in [6.45, 7) is 0. The molecule has 13 heavy (non-hydrogen) atoms. The highest BCUT2D eigenvalue weighted by Crippen LogP contribution is 2.35. The zero-order valence-corrected chi connectivity index (χ0v) is 6.96. The second-order valence-corrected chi connectivity index (χ2v) is 3.09. The van der Waals surface area contributed by atoms with Gasteiger partial charge in [-0.3, -0.25) is 0 Å². The van der Waals surface area contributed by atoms with Crippen LogP contribution in [0.25, 0.3) is 0 Å². The maximum Gasteiger partial charge on any atom is 0.240 e. The van der Waals surface area contributed by atoms with Crippen molar-refractivity contribution in [2.45, 2.75) is 19.0 Å². The van der Waals surface area contributed by atoms with Crippen molar-refractivity contribution in [1.82, 2.24) is 0 Å². The van der Waals surface area contributed by atoms with E-state index >= 15 is 0 Å². The first-order valence-corrected chi connectivity index (χ1v) is 4.16. The molecule has 0 radical (unpaired) electrons. The van der Waals surface area contributed by atoms with Crippen LogP contribution >= 0.6 is 0 Å². The number of alkyl halides is 1. The summed E-state index contributed by atoms with van der Waals surface area (Å²) in [6, 6.07) is 5.16. The Labute approximate surface area is 75.1 Å². The molecular weight excluding hydrogens is 169 g/mol. The first-order chi connectivity index (χ1) is 6.31. The lowest BCUT2D eigenvalue weighted by Crippen LogP contribution is -1.83. The summed E-state index contributed by atoms with van der Waals surface area (Å²) in [6.07, 6.45) is 1.88. The first kappa shape index (κ1) is 8.14. The average Bonchev–Trinajstić information content (AvgIpc) is 2.49. The van der Waals surface area contributed by atoms with Gasteiger partial charge >= 0.3 is 0 Å². The van der Waals surface area contributed by atoms with Gasteiger partial charge < -0.3 is 0 Å². The lowest BCUT2D eigenvalue weighted by Gasteiger charge is -2.01. The molecule has 1 aromatic carbocycles. The van der Waals surface area contributed by atoms with Crippen LogP contribution in [-0.2, 0) is 11.2 Å². The van der Waals surface area contributed by atoms with Gasteiger partial charge in [0.15, 0.2) is 0 Å². The molecule has 0 bridgehead atoms. The van der Waals surface area contributed by atoms with E-state index in [1.807, 2.05) is 6.07 Å². The van der Waals surface area contributed by atoms with Crippen molar-refractivity contribution >= 4 is 11.8 Å². The van der Waals surface area contributed by atoms with E-state index in [-0.39, 0.29) is 0 Å². The van der Waals surface area contributed by atoms with E-state index in [4.69, 9.17) is 0 Å². The number of hydrogen-bond acceptors (Lipinski definition) is 2. The Bertz CT molecular complexity index is 383. The highest BCUT2D eigenvalue weighted by Gasteiger charge is 2.21. The van der Waals surface area contributed by atoms with E-state index in [1.54, 1.807) is 12.1 Å². The number of hydrogen-bond donors (Lipinski definition) is 0. The van der Waals surface area contributed by atoms with Crippen molar-refractivity contribution in [3.05, 3.63) is 29.3 Å². The number of nitrogens with zero attached hydrogens (tertiary/aromatic N) is 1. The van der Waals surface area contributed by atoms with E-state index < -0.39 is 6.17 Å². The Kier molecular flexibility index (Phi) is 1.95. The Morgan fingerprint density at radius 2 is 2.38 bits per heavy atom. The second kappa shape index (κ2) is 3.11. The second-order valence-electron chi connectivity index (χ2n) is 3.09. The fourth-order valence-electron chi connectivity index (χ4n) is 1.66. The standard InChI is InChI=1S/C10H8FNO/c11-10-4-2-7-1-3-8(12-6-13)5-9(7)10/h1,3,5,10H,2,4H2. The molecule has 0 aliphatic heterocycles. The minimum atomic E-state index is -0.892. The molecule has 0 amide bonds. The Balaban J connectivity index is 2.47. The monoisotopic (exact) mass is 177 g/mol. The van der Waals surface area contributed by atoms with Crippen LogP contribution in [0.4, 0.5) is 10.1 Å². The largest absolute Gasteiger partial charge is 0.242 e.